The summed E-state index contributed by atoms with van der Waals surface area (Å²) in [5.74, 6) is 1.41. The minimum absolute atomic E-state index is 0.0591. The SMILES string of the molecule is CC(N[C@@H](C)CO)c1nn(Cc2ccc(Cl)cc2)c(Nc2ccc(Oc3ccccn3)cc2)nc1=O. The second-order valence-corrected chi connectivity index (χ2v) is 8.74. The van der Waals surface area contributed by atoms with Gasteiger partial charge < -0.3 is 20.5 Å². The predicted molar refractivity (Wildman–Crippen MR) is 139 cm³/mol. The average molecular weight is 507 g/mol. The van der Waals surface area contributed by atoms with Crippen molar-refractivity contribution in [3.8, 4) is 11.6 Å². The summed E-state index contributed by atoms with van der Waals surface area (Å²) in [6.45, 7) is 3.95. The first-order valence-electron chi connectivity index (χ1n) is 11.5. The Kier molecular flexibility index (Phi) is 8.27. The van der Waals surface area contributed by atoms with Crippen LogP contribution in [0.3, 0.4) is 0 Å². The smallest absolute Gasteiger partial charge is 0.298 e. The molecule has 2 aromatic heterocycles. The highest BCUT2D eigenvalue weighted by Gasteiger charge is 2.18. The summed E-state index contributed by atoms with van der Waals surface area (Å²) in [5, 5.41) is 21.0. The molecular weight excluding hydrogens is 480 g/mol. The molecular formula is C26H27ClN6O3. The van der Waals surface area contributed by atoms with Crippen molar-refractivity contribution in [1.82, 2.24) is 25.1 Å². The molecule has 186 valence electrons. The molecule has 36 heavy (non-hydrogen) atoms. The molecule has 1 unspecified atom stereocenters. The highest BCUT2D eigenvalue weighted by Crippen LogP contribution is 2.23. The molecule has 4 rings (SSSR count). The minimum Gasteiger partial charge on any atom is -0.439 e. The molecule has 2 aromatic carbocycles. The van der Waals surface area contributed by atoms with E-state index < -0.39 is 11.6 Å². The molecule has 0 fully saturated rings. The van der Waals surface area contributed by atoms with E-state index in [1.807, 2.05) is 50.2 Å². The van der Waals surface area contributed by atoms with Gasteiger partial charge in [-0.25, -0.2) is 9.67 Å². The Hall–Kier alpha value is -3.79. The van der Waals surface area contributed by atoms with Crippen molar-refractivity contribution in [2.75, 3.05) is 11.9 Å². The van der Waals surface area contributed by atoms with Crippen molar-refractivity contribution in [2.24, 2.45) is 0 Å². The maximum Gasteiger partial charge on any atom is 0.298 e. The van der Waals surface area contributed by atoms with Crippen LogP contribution < -0.4 is 20.9 Å². The van der Waals surface area contributed by atoms with Crippen LogP contribution in [0.25, 0.3) is 0 Å². The van der Waals surface area contributed by atoms with Crippen molar-refractivity contribution in [3.05, 3.63) is 99.6 Å². The molecule has 2 atom stereocenters. The summed E-state index contributed by atoms with van der Waals surface area (Å²) in [4.78, 5) is 21.3. The summed E-state index contributed by atoms with van der Waals surface area (Å²) in [6.07, 6.45) is 1.66. The number of pyridine rings is 1. The number of ether oxygens (including phenoxy) is 1. The normalized spacial score (nSPS) is 12.7. The number of hydrogen-bond acceptors (Lipinski definition) is 8. The van der Waals surface area contributed by atoms with Crippen LogP contribution in [0.5, 0.6) is 11.6 Å². The van der Waals surface area contributed by atoms with Gasteiger partial charge in [-0.05, 0) is 61.9 Å². The summed E-state index contributed by atoms with van der Waals surface area (Å²) < 4.78 is 7.38. The Morgan fingerprint density at radius 3 is 2.47 bits per heavy atom. The largest absolute Gasteiger partial charge is 0.439 e. The van der Waals surface area contributed by atoms with Crippen molar-refractivity contribution in [2.45, 2.75) is 32.5 Å². The van der Waals surface area contributed by atoms with Crippen LogP contribution in [0.1, 0.15) is 31.1 Å². The fourth-order valence-corrected chi connectivity index (χ4v) is 3.62. The summed E-state index contributed by atoms with van der Waals surface area (Å²) >= 11 is 6.04. The van der Waals surface area contributed by atoms with E-state index in [1.165, 1.54) is 0 Å². The zero-order chi connectivity index (χ0) is 25.5. The number of halogens is 1. The van der Waals surface area contributed by atoms with Gasteiger partial charge in [-0.15, -0.1) is 0 Å². The first-order valence-corrected chi connectivity index (χ1v) is 11.9. The van der Waals surface area contributed by atoms with E-state index in [4.69, 9.17) is 16.3 Å². The lowest BCUT2D eigenvalue weighted by molar-refractivity contribution is 0.242. The fourth-order valence-electron chi connectivity index (χ4n) is 3.49. The molecule has 0 spiro atoms. The number of aliphatic hydroxyl groups is 1. The van der Waals surface area contributed by atoms with E-state index in [1.54, 1.807) is 41.2 Å². The third-order valence-electron chi connectivity index (χ3n) is 5.33. The lowest BCUT2D eigenvalue weighted by Crippen LogP contribution is -2.36. The highest BCUT2D eigenvalue weighted by molar-refractivity contribution is 6.30. The van der Waals surface area contributed by atoms with E-state index in [-0.39, 0.29) is 18.3 Å². The number of benzene rings is 2. The van der Waals surface area contributed by atoms with Crippen molar-refractivity contribution in [1.29, 1.82) is 0 Å². The Balaban J connectivity index is 1.61. The Morgan fingerprint density at radius 2 is 1.81 bits per heavy atom. The van der Waals surface area contributed by atoms with Gasteiger partial charge in [0.1, 0.15) is 11.4 Å². The molecule has 0 saturated carbocycles. The first kappa shape index (κ1) is 25.3. The predicted octanol–water partition coefficient (Wildman–Crippen LogP) is 4.30. The second kappa shape index (κ2) is 11.8. The maximum absolute atomic E-state index is 12.9. The minimum atomic E-state index is -0.454. The molecule has 2 heterocycles. The number of nitrogens with one attached hydrogen (secondary N) is 2. The number of nitrogens with zero attached hydrogens (tertiary/aromatic N) is 4. The van der Waals surface area contributed by atoms with Gasteiger partial charge >= 0.3 is 0 Å². The van der Waals surface area contributed by atoms with E-state index >= 15 is 0 Å². The number of hydrogen-bond donors (Lipinski definition) is 3. The Bertz CT molecular complexity index is 1330. The van der Waals surface area contributed by atoms with Gasteiger partial charge in [-0.1, -0.05) is 29.8 Å². The van der Waals surface area contributed by atoms with Gasteiger partial charge in [0, 0.05) is 29.0 Å². The molecule has 4 aromatic rings. The molecule has 0 bridgehead atoms. The van der Waals surface area contributed by atoms with Crippen LogP contribution in [-0.2, 0) is 6.54 Å². The van der Waals surface area contributed by atoms with Crippen LogP contribution in [-0.4, -0.2) is 37.5 Å². The Morgan fingerprint density at radius 1 is 1.06 bits per heavy atom. The monoisotopic (exact) mass is 506 g/mol. The van der Waals surface area contributed by atoms with Crippen molar-refractivity contribution in [3.63, 3.8) is 0 Å². The molecule has 0 saturated heterocycles. The molecule has 9 nitrogen and oxygen atoms in total. The summed E-state index contributed by atoms with van der Waals surface area (Å²) in [7, 11) is 0. The van der Waals surface area contributed by atoms with Gasteiger partial charge in [-0.3, -0.25) is 4.79 Å². The van der Waals surface area contributed by atoms with Crippen LogP contribution in [0.2, 0.25) is 5.02 Å². The fraction of sp³-hybridized carbons (Fsp3) is 0.231. The zero-order valence-electron chi connectivity index (χ0n) is 19.9. The van der Waals surface area contributed by atoms with Gasteiger partial charge in [0.2, 0.25) is 11.8 Å². The van der Waals surface area contributed by atoms with Crippen molar-refractivity contribution < 1.29 is 9.84 Å². The standard InChI is InChI=1S/C26H27ClN6O3/c1-17(16-34)29-18(2)24-25(35)31-26(33(32-24)15-19-6-8-20(27)9-7-19)30-21-10-12-22(13-11-21)36-23-5-3-4-14-28-23/h3-14,17-18,29,34H,15-16H2,1-2H3,(H,30,31,35)/t17-,18?/m0/s1. The molecule has 0 aliphatic heterocycles. The van der Waals surface area contributed by atoms with Crippen LogP contribution in [0.4, 0.5) is 11.6 Å². The topological polar surface area (TPSA) is 114 Å². The molecule has 10 heteroatoms. The number of aromatic nitrogens is 4. The van der Waals surface area contributed by atoms with Gasteiger partial charge in [0.25, 0.3) is 5.56 Å². The number of anilines is 2. The first-order chi connectivity index (χ1) is 17.4. The molecule has 0 amide bonds. The molecule has 3 N–H and O–H groups in total. The van der Waals surface area contributed by atoms with Gasteiger partial charge in [0.05, 0.1) is 19.2 Å². The number of aliphatic hydroxyl groups excluding tert-OH is 1. The van der Waals surface area contributed by atoms with Crippen LogP contribution >= 0.6 is 11.6 Å². The maximum atomic E-state index is 12.9. The molecule has 0 aliphatic carbocycles. The van der Waals surface area contributed by atoms with Gasteiger partial charge in [0.15, 0.2) is 0 Å². The van der Waals surface area contributed by atoms with E-state index in [0.29, 0.717) is 34.8 Å². The van der Waals surface area contributed by atoms with E-state index in [0.717, 1.165) is 5.56 Å². The third-order valence-corrected chi connectivity index (χ3v) is 5.59. The van der Waals surface area contributed by atoms with E-state index in [2.05, 4.69) is 25.7 Å². The zero-order valence-corrected chi connectivity index (χ0v) is 20.7. The number of rotatable bonds is 10. The lowest BCUT2D eigenvalue weighted by Gasteiger charge is -2.19. The summed E-state index contributed by atoms with van der Waals surface area (Å²) in [5.41, 5.74) is 1.45. The lowest BCUT2D eigenvalue weighted by atomic mass is 10.2. The Labute approximate surface area is 213 Å². The third kappa shape index (κ3) is 6.66. The molecule has 0 aliphatic rings. The second-order valence-electron chi connectivity index (χ2n) is 8.30. The highest BCUT2D eigenvalue weighted by atomic mass is 35.5. The van der Waals surface area contributed by atoms with Crippen LogP contribution in [0, 0.1) is 0 Å². The summed E-state index contributed by atoms with van der Waals surface area (Å²) in [6, 6.07) is 19.5. The van der Waals surface area contributed by atoms with Crippen LogP contribution in [0.15, 0.2) is 77.7 Å². The van der Waals surface area contributed by atoms with Gasteiger partial charge in [-0.2, -0.15) is 10.1 Å². The van der Waals surface area contributed by atoms with Crippen molar-refractivity contribution >= 4 is 23.2 Å². The molecule has 0 radical (unpaired) electrons. The van der Waals surface area contributed by atoms with E-state index in [9.17, 15) is 9.90 Å². The quantitative estimate of drug-likeness (QED) is 0.291. The average Bonchev–Trinajstić information content (AvgIpc) is 2.88.